The smallest absolute Gasteiger partial charge is 0.327 e. The maximum absolute atomic E-state index is 11.3. The van der Waals surface area contributed by atoms with E-state index in [9.17, 15) is 9.90 Å². The van der Waals surface area contributed by atoms with Gasteiger partial charge < -0.3 is 19.6 Å². The van der Waals surface area contributed by atoms with Gasteiger partial charge in [0, 0.05) is 31.4 Å². The maximum atomic E-state index is 11.3. The number of methoxy groups -OCH3 is 1. The Hall–Kier alpha value is -1.75. The molecule has 1 heterocycles. The number of hydrogen-bond donors (Lipinski definition) is 1. The number of ether oxygens (including phenoxy) is 1. The highest BCUT2D eigenvalue weighted by Crippen LogP contribution is 2.24. The van der Waals surface area contributed by atoms with Crippen molar-refractivity contribution in [3.63, 3.8) is 0 Å². The van der Waals surface area contributed by atoms with E-state index in [1.54, 1.807) is 7.11 Å². The molecule has 1 unspecified atom stereocenters. The van der Waals surface area contributed by atoms with Gasteiger partial charge in [0.2, 0.25) is 0 Å². The zero-order valence-electron chi connectivity index (χ0n) is 10.7. The summed E-state index contributed by atoms with van der Waals surface area (Å²) in [5, 5.41) is 9.31. The molecule has 2 rings (SSSR count). The molecule has 1 aliphatic heterocycles. The minimum Gasteiger partial charge on any atom is -0.497 e. The first-order chi connectivity index (χ1) is 8.61. The molecule has 1 N–H and O–H groups in total. The van der Waals surface area contributed by atoms with Crippen LogP contribution in [0.1, 0.15) is 0 Å². The first-order valence-corrected chi connectivity index (χ1v) is 5.94. The van der Waals surface area contributed by atoms with Crippen LogP contribution >= 0.6 is 0 Å². The van der Waals surface area contributed by atoms with Crippen molar-refractivity contribution < 1.29 is 14.6 Å². The molecule has 98 valence electrons. The summed E-state index contributed by atoms with van der Waals surface area (Å²) in [6.45, 7) is 2.11. The molecular formula is C13H18N2O3. The number of hydrogen-bond acceptors (Lipinski definition) is 4. The highest BCUT2D eigenvalue weighted by molar-refractivity contribution is 5.79. The minimum absolute atomic E-state index is 0.504. The molecule has 1 aromatic carbocycles. The van der Waals surface area contributed by atoms with E-state index < -0.39 is 12.0 Å². The van der Waals surface area contributed by atoms with Crippen LogP contribution in [-0.2, 0) is 4.79 Å². The Morgan fingerprint density at radius 3 is 2.89 bits per heavy atom. The van der Waals surface area contributed by atoms with Crippen LogP contribution in [0.2, 0.25) is 0 Å². The van der Waals surface area contributed by atoms with Crippen LogP contribution in [0.15, 0.2) is 24.3 Å². The Morgan fingerprint density at radius 2 is 2.22 bits per heavy atom. The molecule has 1 saturated heterocycles. The molecule has 5 heteroatoms. The van der Waals surface area contributed by atoms with Crippen LogP contribution in [0, 0.1) is 0 Å². The van der Waals surface area contributed by atoms with Crippen LogP contribution in [0.4, 0.5) is 5.69 Å². The van der Waals surface area contributed by atoms with Gasteiger partial charge in [0.1, 0.15) is 11.8 Å². The van der Waals surface area contributed by atoms with E-state index in [-0.39, 0.29) is 0 Å². The van der Waals surface area contributed by atoms with Crippen molar-refractivity contribution in [2.45, 2.75) is 6.04 Å². The molecule has 1 aliphatic rings. The quantitative estimate of drug-likeness (QED) is 0.864. The highest BCUT2D eigenvalue weighted by Gasteiger charge is 2.31. The number of carbonyl (C=O) groups is 1. The van der Waals surface area contributed by atoms with E-state index >= 15 is 0 Å². The second kappa shape index (κ2) is 5.27. The lowest BCUT2D eigenvalue weighted by Gasteiger charge is -2.39. The van der Waals surface area contributed by atoms with Gasteiger partial charge in [0.25, 0.3) is 0 Å². The third-order valence-electron chi connectivity index (χ3n) is 3.25. The number of aliphatic carboxylic acids is 1. The summed E-state index contributed by atoms with van der Waals surface area (Å²) in [5.74, 6) is -0.0417. The van der Waals surface area contributed by atoms with E-state index in [0.29, 0.717) is 13.1 Å². The molecule has 1 aromatic rings. The molecule has 1 fully saturated rings. The van der Waals surface area contributed by atoms with Crippen molar-refractivity contribution in [3.8, 4) is 5.75 Å². The number of nitrogens with zero attached hydrogens (tertiary/aromatic N) is 2. The van der Waals surface area contributed by atoms with Crippen molar-refractivity contribution >= 4 is 11.7 Å². The van der Waals surface area contributed by atoms with Gasteiger partial charge >= 0.3 is 5.97 Å². The van der Waals surface area contributed by atoms with E-state index in [1.165, 1.54) is 0 Å². The van der Waals surface area contributed by atoms with E-state index in [0.717, 1.165) is 18.0 Å². The van der Waals surface area contributed by atoms with Crippen LogP contribution < -0.4 is 9.64 Å². The third kappa shape index (κ3) is 2.56. The van der Waals surface area contributed by atoms with Gasteiger partial charge in [-0.15, -0.1) is 0 Å². The van der Waals surface area contributed by atoms with Gasteiger partial charge in [-0.1, -0.05) is 6.07 Å². The maximum Gasteiger partial charge on any atom is 0.327 e. The highest BCUT2D eigenvalue weighted by atomic mass is 16.5. The molecule has 0 aliphatic carbocycles. The van der Waals surface area contributed by atoms with Crippen LogP contribution in [0.5, 0.6) is 5.75 Å². The molecule has 5 nitrogen and oxygen atoms in total. The second-order valence-electron chi connectivity index (χ2n) is 4.51. The largest absolute Gasteiger partial charge is 0.497 e. The molecule has 0 spiro atoms. The second-order valence-corrected chi connectivity index (χ2v) is 4.51. The number of benzene rings is 1. The van der Waals surface area contributed by atoms with Gasteiger partial charge in [-0.25, -0.2) is 4.79 Å². The average Bonchev–Trinajstić information content (AvgIpc) is 2.38. The zero-order valence-corrected chi connectivity index (χ0v) is 10.7. The number of carboxylic acids is 1. The monoisotopic (exact) mass is 250 g/mol. The molecule has 0 aromatic heterocycles. The molecule has 0 radical (unpaired) electrons. The Balaban J connectivity index is 2.26. The van der Waals surface area contributed by atoms with Gasteiger partial charge in [0.05, 0.1) is 7.11 Å². The van der Waals surface area contributed by atoms with Crippen molar-refractivity contribution in [1.29, 1.82) is 0 Å². The van der Waals surface area contributed by atoms with Gasteiger partial charge in [-0.05, 0) is 19.2 Å². The van der Waals surface area contributed by atoms with Crippen LogP contribution in [0.3, 0.4) is 0 Å². The summed E-state index contributed by atoms with van der Waals surface area (Å²) < 4.78 is 5.18. The topological polar surface area (TPSA) is 53.0 Å². The number of carboxylic acid groups (broad SMARTS) is 1. The van der Waals surface area contributed by atoms with E-state index in [1.807, 2.05) is 41.1 Å². The fourth-order valence-electron chi connectivity index (χ4n) is 2.23. The van der Waals surface area contributed by atoms with E-state index in [2.05, 4.69) is 0 Å². The fourth-order valence-corrected chi connectivity index (χ4v) is 2.23. The lowest BCUT2D eigenvalue weighted by atomic mass is 10.1. The standard InChI is InChI=1S/C13H18N2O3/c1-14-6-7-15(12(9-14)13(16)17)10-4-3-5-11(8-10)18-2/h3-5,8,12H,6-7,9H2,1-2H3,(H,16,17). The molecule has 0 bridgehead atoms. The normalized spacial score (nSPS) is 20.8. The summed E-state index contributed by atoms with van der Waals surface area (Å²) in [6.07, 6.45) is 0. The SMILES string of the molecule is COc1cccc(N2CCN(C)CC2C(=O)O)c1. The summed E-state index contributed by atoms with van der Waals surface area (Å²) in [4.78, 5) is 15.3. The number of likely N-dealkylation sites (N-methyl/N-ethyl adjacent to an activating group) is 1. The first-order valence-electron chi connectivity index (χ1n) is 5.94. The Labute approximate surface area is 107 Å². The summed E-state index contributed by atoms with van der Waals surface area (Å²) in [6, 6.07) is 7.03. The van der Waals surface area contributed by atoms with Gasteiger partial charge in [-0.3, -0.25) is 0 Å². The predicted molar refractivity (Wildman–Crippen MR) is 69.3 cm³/mol. The van der Waals surface area contributed by atoms with Crippen molar-refractivity contribution in [2.75, 3.05) is 38.7 Å². The summed E-state index contributed by atoms with van der Waals surface area (Å²) >= 11 is 0. The third-order valence-corrected chi connectivity index (χ3v) is 3.25. The van der Waals surface area contributed by atoms with Crippen LogP contribution in [0.25, 0.3) is 0 Å². The van der Waals surface area contributed by atoms with Crippen molar-refractivity contribution in [2.24, 2.45) is 0 Å². The van der Waals surface area contributed by atoms with Crippen LogP contribution in [-0.4, -0.2) is 55.8 Å². The number of piperazine rings is 1. The average molecular weight is 250 g/mol. The Morgan fingerprint density at radius 1 is 1.44 bits per heavy atom. The minimum atomic E-state index is -0.788. The molecule has 1 atom stereocenters. The van der Waals surface area contributed by atoms with Gasteiger partial charge in [0.15, 0.2) is 0 Å². The summed E-state index contributed by atoms with van der Waals surface area (Å²) in [5.41, 5.74) is 0.898. The number of anilines is 1. The Bertz CT molecular complexity index is 436. The zero-order chi connectivity index (χ0) is 13.1. The molecular weight excluding hydrogens is 232 g/mol. The molecule has 0 saturated carbocycles. The predicted octanol–water partition coefficient (Wildman–Crippen LogP) is 0.900. The Kier molecular flexibility index (Phi) is 3.72. The lowest BCUT2D eigenvalue weighted by Crippen LogP contribution is -2.55. The molecule has 18 heavy (non-hydrogen) atoms. The van der Waals surface area contributed by atoms with Crippen molar-refractivity contribution in [3.05, 3.63) is 24.3 Å². The van der Waals surface area contributed by atoms with E-state index in [4.69, 9.17) is 4.74 Å². The first kappa shape index (κ1) is 12.7. The lowest BCUT2D eigenvalue weighted by molar-refractivity contribution is -0.139. The molecule has 0 amide bonds. The van der Waals surface area contributed by atoms with Crippen molar-refractivity contribution in [1.82, 2.24) is 4.90 Å². The number of rotatable bonds is 3. The fraction of sp³-hybridized carbons (Fsp3) is 0.462. The van der Waals surface area contributed by atoms with Gasteiger partial charge in [-0.2, -0.15) is 0 Å². The summed E-state index contributed by atoms with van der Waals surface area (Å²) in [7, 11) is 3.55.